The monoisotopic (exact) mass is 262 g/mol. The van der Waals surface area contributed by atoms with Crippen LogP contribution in [0.15, 0.2) is 18.3 Å². The summed E-state index contributed by atoms with van der Waals surface area (Å²) < 4.78 is 0. The van der Waals surface area contributed by atoms with Crippen LogP contribution in [0.1, 0.15) is 29.4 Å². The van der Waals surface area contributed by atoms with Gasteiger partial charge >= 0.3 is 0 Å². The van der Waals surface area contributed by atoms with Crippen LogP contribution in [0.4, 0.5) is 0 Å². The van der Waals surface area contributed by atoms with Crippen LogP contribution in [0.2, 0.25) is 0 Å². The summed E-state index contributed by atoms with van der Waals surface area (Å²) in [5, 5.41) is 8.83. The van der Waals surface area contributed by atoms with E-state index in [1.54, 1.807) is 18.3 Å². The fraction of sp³-hybridized carbons (Fsp3) is 0.462. The summed E-state index contributed by atoms with van der Waals surface area (Å²) in [6.45, 7) is 3.54. The topological polar surface area (TPSA) is 83.1 Å². The third kappa shape index (κ3) is 4.03. The van der Waals surface area contributed by atoms with E-state index < -0.39 is 0 Å². The molecule has 0 aliphatic carbocycles. The molecule has 1 aliphatic rings. The van der Waals surface area contributed by atoms with Crippen molar-refractivity contribution < 1.29 is 9.59 Å². The second-order valence-electron chi connectivity index (χ2n) is 4.61. The van der Waals surface area contributed by atoms with Gasteiger partial charge in [-0.1, -0.05) is 0 Å². The summed E-state index contributed by atoms with van der Waals surface area (Å²) in [5.74, 6) is -0.214. The van der Waals surface area contributed by atoms with Gasteiger partial charge in [0.15, 0.2) is 0 Å². The summed E-state index contributed by atoms with van der Waals surface area (Å²) in [5.41, 5.74) is 1.25. The second-order valence-corrected chi connectivity index (χ2v) is 4.61. The van der Waals surface area contributed by atoms with Crippen LogP contribution in [-0.2, 0) is 11.3 Å². The van der Waals surface area contributed by atoms with Crippen molar-refractivity contribution in [1.29, 1.82) is 0 Å². The summed E-state index contributed by atoms with van der Waals surface area (Å²) in [6, 6.07) is 3.57. The zero-order valence-electron chi connectivity index (χ0n) is 10.9. The Morgan fingerprint density at radius 2 is 2.37 bits per heavy atom. The van der Waals surface area contributed by atoms with E-state index in [-0.39, 0.29) is 17.9 Å². The minimum Gasteiger partial charge on any atom is -0.351 e. The fourth-order valence-electron chi connectivity index (χ4n) is 1.98. The number of aromatic nitrogens is 1. The molecule has 0 spiro atoms. The fourth-order valence-corrected chi connectivity index (χ4v) is 1.98. The lowest BCUT2D eigenvalue weighted by molar-refractivity contribution is -0.119. The Morgan fingerprint density at radius 3 is 3.05 bits per heavy atom. The van der Waals surface area contributed by atoms with Crippen molar-refractivity contribution in [1.82, 2.24) is 20.9 Å². The maximum absolute atomic E-state index is 12.0. The SMILES string of the molecule is CC(=O)NCc1cc(C(=O)NC2CCNC2)ccn1. The van der Waals surface area contributed by atoms with Gasteiger partial charge in [-0.15, -0.1) is 0 Å². The first-order chi connectivity index (χ1) is 9.15. The minimum atomic E-state index is -0.117. The normalized spacial score (nSPS) is 18.1. The second kappa shape index (κ2) is 6.29. The van der Waals surface area contributed by atoms with Crippen molar-refractivity contribution in [3.05, 3.63) is 29.6 Å². The molecule has 6 nitrogen and oxygen atoms in total. The Morgan fingerprint density at radius 1 is 1.53 bits per heavy atom. The Kier molecular flexibility index (Phi) is 4.46. The number of nitrogens with one attached hydrogen (secondary N) is 3. The van der Waals surface area contributed by atoms with Crippen molar-refractivity contribution in [2.75, 3.05) is 13.1 Å². The zero-order valence-corrected chi connectivity index (χ0v) is 10.9. The van der Waals surface area contributed by atoms with Gasteiger partial charge in [-0.3, -0.25) is 14.6 Å². The van der Waals surface area contributed by atoms with Crippen molar-refractivity contribution >= 4 is 11.8 Å². The number of rotatable bonds is 4. The predicted molar refractivity (Wildman–Crippen MR) is 70.5 cm³/mol. The van der Waals surface area contributed by atoms with E-state index in [0.717, 1.165) is 19.5 Å². The molecule has 1 fully saturated rings. The Bertz CT molecular complexity index is 469. The highest BCUT2D eigenvalue weighted by atomic mass is 16.2. The van der Waals surface area contributed by atoms with Crippen molar-refractivity contribution in [3.63, 3.8) is 0 Å². The maximum Gasteiger partial charge on any atom is 0.251 e. The van der Waals surface area contributed by atoms with Crippen molar-refractivity contribution in [2.45, 2.75) is 25.9 Å². The number of hydrogen-bond acceptors (Lipinski definition) is 4. The van der Waals surface area contributed by atoms with Crippen LogP contribution >= 0.6 is 0 Å². The number of nitrogens with zero attached hydrogens (tertiary/aromatic N) is 1. The van der Waals surface area contributed by atoms with E-state index in [1.807, 2.05) is 0 Å². The van der Waals surface area contributed by atoms with Crippen LogP contribution in [0.3, 0.4) is 0 Å². The number of pyridine rings is 1. The third-order valence-corrected chi connectivity index (χ3v) is 2.99. The molecular formula is C13H18N4O2. The van der Waals surface area contributed by atoms with Gasteiger partial charge in [0, 0.05) is 31.3 Å². The molecule has 1 aromatic heterocycles. The average molecular weight is 262 g/mol. The molecule has 2 amide bonds. The van der Waals surface area contributed by atoms with E-state index >= 15 is 0 Å². The quantitative estimate of drug-likeness (QED) is 0.702. The third-order valence-electron chi connectivity index (χ3n) is 2.99. The van der Waals surface area contributed by atoms with Crippen LogP contribution < -0.4 is 16.0 Å². The molecule has 102 valence electrons. The molecular weight excluding hydrogens is 244 g/mol. The molecule has 2 rings (SSSR count). The van der Waals surface area contributed by atoms with E-state index in [0.29, 0.717) is 17.8 Å². The predicted octanol–water partition coefficient (Wildman–Crippen LogP) is -0.191. The van der Waals surface area contributed by atoms with E-state index in [2.05, 4.69) is 20.9 Å². The number of amides is 2. The molecule has 1 aromatic rings. The van der Waals surface area contributed by atoms with Crippen LogP contribution in [-0.4, -0.2) is 35.9 Å². The first kappa shape index (κ1) is 13.5. The minimum absolute atomic E-state index is 0.0971. The zero-order chi connectivity index (χ0) is 13.7. The van der Waals surface area contributed by atoms with Crippen molar-refractivity contribution in [3.8, 4) is 0 Å². The summed E-state index contributed by atoms with van der Waals surface area (Å²) in [6.07, 6.45) is 2.54. The lowest BCUT2D eigenvalue weighted by atomic mass is 10.2. The highest BCUT2D eigenvalue weighted by Gasteiger charge is 2.17. The molecule has 1 atom stereocenters. The molecule has 1 unspecified atom stereocenters. The lowest BCUT2D eigenvalue weighted by Crippen LogP contribution is -2.36. The van der Waals surface area contributed by atoms with E-state index in [4.69, 9.17) is 0 Å². The van der Waals surface area contributed by atoms with E-state index in [9.17, 15) is 9.59 Å². The molecule has 0 saturated carbocycles. The lowest BCUT2D eigenvalue weighted by Gasteiger charge is -2.11. The highest BCUT2D eigenvalue weighted by molar-refractivity contribution is 5.94. The molecule has 2 heterocycles. The Hall–Kier alpha value is -1.95. The molecule has 0 aromatic carbocycles. The van der Waals surface area contributed by atoms with Crippen molar-refractivity contribution in [2.24, 2.45) is 0 Å². The summed E-state index contributed by atoms with van der Waals surface area (Å²) >= 11 is 0. The van der Waals surface area contributed by atoms with E-state index in [1.165, 1.54) is 6.92 Å². The molecule has 19 heavy (non-hydrogen) atoms. The molecule has 0 bridgehead atoms. The average Bonchev–Trinajstić information content (AvgIpc) is 2.89. The maximum atomic E-state index is 12.0. The summed E-state index contributed by atoms with van der Waals surface area (Å²) in [4.78, 5) is 27.0. The van der Waals surface area contributed by atoms with Crippen LogP contribution in [0.5, 0.6) is 0 Å². The van der Waals surface area contributed by atoms with Gasteiger partial charge in [0.25, 0.3) is 5.91 Å². The van der Waals surface area contributed by atoms with Gasteiger partial charge in [-0.2, -0.15) is 0 Å². The van der Waals surface area contributed by atoms with Gasteiger partial charge in [-0.05, 0) is 25.1 Å². The number of carbonyl (C=O) groups is 2. The van der Waals surface area contributed by atoms with Gasteiger partial charge in [0.1, 0.15) is 0 Å². The largest absolute Gasteiger partial charge is 0.351 e. The standard InChI is InChI=1S/C13H18N4O2/c1-9(18)16-8-12-6-10(2-5-15-12)13(19)17-11-3-4-14-7-11/h2,5-6,11,14H,3-4,7-8H2,1H3,(H,16,18)(H,17,19). The Labute approximate surface area is 112 Å². The Balaban J connectivity index is 1.96. The molecule has 1 saturated heterocycles. The number of hydrogen-bond donors (Lipinski definition) is 3. The molecule has 3 N–H and O–H groups in total. The van der Waals surface area contributed by atoms with Gasteiger partial charge in [0.2, 0.25) is 5.91 Å². The van der Waals surface area contributed by atoms with Gasteiger partial charge < -0.3 is 16.0 Å². The smallest absolute Gasteiger partial charge is 0.251 e. The van der Waals surface area contributed by atoms with Crippen LogP contribution in [0, 0.1) is 0 Å². The first-order valence-corrected chi connectivity index (χ1v) is 6.36. The van der Waals surface area contributed by atoms with Gasteiger partial charge in [-0.25, -0.2) is 0 Å². The molecule has 1 aliphatic heterocycles. The highest BCUT2D eigenvalue weighted by Crippen LogP contribution is 2.04. The first-order valence-electron chi connectivity index (χ1n) is 6.36. The summed E-state index contributed by atoms with van der Waals surface area (Å²) in [7, 11) is 0. The molecule has 0 radical (unpaired) electrons. The number of carbonyl (C=O) groups excluding carboxylic acids is 2. The van der Waals surface area contributed by atoms with Crippen LogP contribution in [0.25, 0.3) is 0 Å². The molecule has 6 heteroatoms. The van der Waals surface area contributed by atoms with Gasteiger partial charge in [0.05, 0.1) is 12.2 Å².